The van der Waals surface area contributed by atoms with Crippen molar-refractivity contribution in [1.82, 2.24) is 24.9 Å². The second kappa shape index (κ2) is 8.72. The summed E-state index contributed by atoms with van der Waals surface area (Å²) in [5, 5.41) is 9.98. The Hall–Kier alpha value is -3.32. The van der Waals surface area contributed by atoms with Crippen LogP contribution in [0.2, 0.25) is 5.02 Å². The fourth-order valence-corrected chi connectivity index (χ4v) is 4.38. The van der Waals surface area contributed by atoms with E-state index in [-0.39, 0.29) is 41.3 Å². The minimum atomic E-state index is -0.779. The van der Waals surface area contributed by atoms with Gasteiger partial charge in [-0.1, -0.05) is 11.6 Å². The number of aromatic nitrogens is 5. The molecule has 5 heterocycles. The maximum atomic E-state index is 14.6. The van der Waals surface area contributed by atoms with E-state index in [0.29, 0.717) is 16.8 Å². The second-order valence-corrected chi connectivity index (χ2v) is 8.59. The van der Waals surface area contributed by atoms with Gasteiger partial charge in [0.2, 0.25) is 5.88 Å². The molecular formula is C22H18ClF2N5O5. The molecule has 35 heavy (non-hydrogen) atoms. The topological polar surface area (TPSA) is 127 Å². The number of nitrogens with one attached hydrogen (secondary N) is 2. The maximum absolute atomic E-state index is 14.6. The molecule has 0 saturated carbocycles. The van der Waals surface area contributed by atoms with E-state index >= 15 is 0 Å². The number of fused-ring (bicyclic) bond motifs is 2. The van der Waals surface area contributed by atoms with Crippen LogP contribution in [-0.2, 0) is 16.1 Å². The Morgan fingerprint density at radius 2 is 1.91 bits per heavy atom. The number of H-pyrrole nitrogens is 2. The Balaban J connectivity index is 1.18. The lowest BCUT2D eigenvalue weighted by molar-refractivity contribution is 0.00706. The van der Waals surface area contributed by atoms with Crippen molar-refractivity contribution in [3.8, 4) is 23.1 Å². The van der Waals surface area contributed by atoms with Crippen molar-refractivity contribution in [3.63, 3.8) is 0 Å². The molecule has 13 heteroatoms. The fraction of sp³-hybridized carbons (Fsp3) is 0.318. The van der Waals surface area contributed by atoms with Crippen molar-refractivity contribution in [2.45, 2.75) is 31.0 Å². The normalized spacial score (nSPS) is 23.7. The predicted octanol–water partition coefficient (Wildman–Crippen LogP) is 2.76. The van der Waals surface area contributed by atoms with Crippen LogP contribution in [-0.4, -0.2) is 67.7 Å². The number of hydrogen-bond acceptors (Lipinski definition) is 8. The van der Waals surface area contributed by atoms with Gasteiger partial charge in [0.25, 0.3) is 6.01 Å². The highest BCUT2D eigenvalue weighted by Gasteiger charge is 2.48. The Bertz CT molecular complexity index is 1360. The molecule has 0 spiro atoms. The van der Waals surface area contributed by atoms with Crippen LogP contribution in [0.5, 0.6) is 11.9 Å². The zero-order chi connectivity index (χ0) is 24.1. The third-order valence-corrected chi connectivity index (χ3v) is 6.19. The van der Waals surface area contributed by atoms with E-state index in [2.05, 4.69) is 24.9 Å². The van der Waals surface area contributed by atoms with Crippen LogP contribution in [0, 0.1) is 11.6 Å². The Kier molecular flexibility index (Phi) is 5.52. The van der Waals surface area contributed by atoms with Crippen LogP contribution >= 0.6 is 11.6 Å². The van der Waals surface area contributed by atoms with E-state index < -0.39 is 42.7 Å². The zero-order valence-corrected chi connectivity index (χ0v) is 18.6. The number of aliphatic hydroxyl groups excluding tert-OH is 1. The summed E-state index contributed by atoms with van der Waals surface area (Å²) in [6, 6.07) is 4.06. The summed E-state index contributed by atoms with van der Waals surface area (Å²) < 4.78 is 51.7. The largest absolute Gasteiger partial charge is 0.471 e. The van der Waals surface area contributed by atoms with Crippen LogP contribution in [0.3, 0.4) is 0 Å². The number of hydrogen-bond donors (Lipinski definition) is 3. The Morgan fingerprint density at radius 1 is 1.11 bits per heavy atom. The van der Waals surface area contributed by atoms with Crippen LogP contribution in [0.4, 0.5) is 8.78 Å². The van der Waals surface area contributed by atoms with Crippen molar-refractivity contribution < 1.29 is 32.8 Å². The first-order valence-corrected chi connectivity index (χ1v) is 11.1. The molecule has 2 aliphatic rings. The molecule has 4 aromatic rings. The van der Waals surface area contributed by atoms with Gasteiger partial charge in [-0.3, -0.25) is 0 Å². The number of benzene rings is 1. The first-order chi connectivity index (χ1) is 17.0. The molecule has 2 fully saturated rings. The van der Waals surface area contributed by atoms with Crippen LogP contribution in [0.15, 0.2) is 30.7 Å². The molecule has 1 aromatic carbocycles. The molecule has 0 aliphatic carbocycles. The number of aromatic amines is 2. The number of aliphatic hydroxyl groups is 1. The van der Waals surface area contributed by atoms with E-state index in [4.69, 9.17) is 30.5 Å². The van der Waals surface area contributed by atoms with Gasteiger partial charge in [0, 0.05) is 5.56 Å². The average molecular weight is 506 g/mol. The smallest absolute Gasteiger partial charge is 0.296 e. The SMILES string of the molecule is O[C@@H]1CO[C@H]2C1OC[C@H]2Oc1nc2nc(OCc3c(F)cc(-c4cnc[nH]4)cc3F)c(Cl)cc2[nH]1. The summed E-state index contributed by atoms with van der Waals surface area (Å²) >= 11 is 6.27. The number of imidazole rings is 2. The molecule has 0 radical (unpaired) electrons. The molecule has 2 aliphatic heterocycles. The third kappa shape index (κ3) is 4.08. The molecule has 4 atom stereocenters. The molecule has 3 N–H and O–H groups in total. The molecule has 3 aromatic heterocycles. The monoisotopic (exact) mass is 505 g/mol. The van der Waals surface area contributed by atoms with Gasteiger partial charge in [-0.05, 0) is 18.2 Å². The first kappa shape index (κ1) is 22.2. The maximum Gasteiger partial charge on any atom is 0.296 e. The lowest BCUT2D eigenvalue weighted by Gasteiger charge is -2.15. The minimum absolute atomic E-state index is 0.0415. The van der Waals surface area contributed by atoms with Crippen molar-refractivity contribution in [2.75, 3.05) is 13.2 Å². The van der Waals surface area contributed by atoms with E-state index in [9.17, 15) is 13.9 Å². The molecule has 0 amide bonds. The highest BCUT2D eigenvalue weighted by molar-refractivity contribution is 6.32. The molecule has 1 unspecified atom stereocenters. The third-order valence-electron chi connectivity index (χ3n) is 5.92. The van der Waals surface area contributed by atoms with Gasteiger partial charge >= 0.3 is 0 Å². The standard InChI is InChI=1S/C22H18ClF2N5O5/c23-11-3-14-20(30-22(28-14)35-17-7-33-18-16(31)6-32-19(17)18)29-21(11)34-5-10-12(24)1-9(2-13(10)25)15-4-26-8-27-15/h1-4,8,16-19,31H,5-7H2,(H,26,27)(H,28,29,30)/t16-,17-,18?,19-/m1/s1. The van der Waals surface area contributed by atoms with Gasteiger partial charge in [0.05, 0.1) is 42.5 Å². The lowest BCUT2D eigenvalue weighted by atomic mass is 10.1. The zero-order valence-electron chi connectivity index (χ0n) is 17.9. The highest BCUT2D eigenvalue weighted by Crippen LogP contribution is 2.32. The van der Waals surface area contributed by atoms with E-state index in [1.54, 1.807) is 0 Å². The molecule has 6 rings (SSSR count). The van der Waals surface area contributed by atoms with E-state index in [1.807, 2.05) is 0 Å². The summed E-state index contributed by atoms with van der Waals surface area (Å²) in [7, 11) is 0. The summed E-state index contributed by atoms with van der Waals surface area (Å²) in [6.07, 6.45) is 0.889. The lowest BCUT2D eigenvalue weighted by Crippen LogP contribution is -2.34. The summed E-state index contributed by atoms with van der Waals surface area (Å²) in [6.45, 7) is -0.0163. The quantitative estimate of drug-likeness (QED) is 0.365. The summed E-state index contributed by atoms with van der Waals surface area (Å²) in [5.41, 5.74) is 1.24. The van der Waals surface area contributed by atoms with Crippen molar-refractivity contribution in [3.05, 3.63) is 52.9 Å². The van der Waals surface area contributed by atoms with Crippen molar-refractivity contribution >= 4 is 22.8 Å². The first-order valence-electron chi connectivity index (χ1n) is 10.7. The molecule has 182 valence electrons. The number of pyridine rings is 1. The molecular weight excluding hydrogens is 488 g/mol. The average Bonchev–Trinajstić information content (AvgIpc) is 3.61. The Labute approximate surface area is 201 Å². The van der Waals surface area contributed by atoms with Crippen molar-refractivity contribution in [1.29, 1.82) is 0 Å². The van der Waals surface area contributed by atoms with Gasteiger partial charge in [0.1, 0.15) is 41.6 Å². The second-order valence-electron chi connectivity index (χ2n) is 8.18. The summed E-state index contributed by atoms with van der Waals surface area (Å²) in [4.78, 5) is 18.1. The van der Waals surface area contributed by atoms with Gasteiger partial charge in [0.15, 0.2) is 11.8 Å². The Morgan fingerprint density at radius 3 is 2.69 bits per heavy atom. The molecule has 2 saturated heterocycles. The number of rotatable bonds is 6. The number of ether oxygens (including phenoxy) is 4. The predicted molar refractivity (Wildman–Crippen MR) is 117 cm³/mol. The minimum Gasteiger partial charge on any atom is -0.471 e. The molecule has 0 bridgehead atoms. The number of nitrogens with zero attached hydrogens (tertiary/aromatic N) is 3. The van der Waals surface area contributed by atoms with E-state index in [1.165, 1.54) is 30.7 Å². The van der Waals surface area contributed by atoms with Crippen molar-refractivity contribution in [2.24, 2.45) is 0 Å². The van der Waals surface area contributed by atoms with E-state index in [0.717, 1.165) is 0 Å². The van der Waals surface area contributed by atoms with Gasteiger partial charge in [-0.25, -0.2) is 13.8 Å². The van der Waals surface area contributed by atoms with Gasteiger partial charge < -0.3 is 34.0 Å². The van der Waals surface area contributed by atoms with Gasteiger partial charge in [-0.2, -0.15) is 9.97 Å². The highest BCUT2D eigenvalue weighted by atomic mass is 35.5. The summed E-state index contributed by atoms with van der Waals surface area (Å²) in [5.74, 6) is -1.60. The van der Waals surface area contributed by atoms with Crippen LogP contribution < -0.4 is 9.47 Å². The fourth-order valence-electron chi connectivity index (χ4n) is 4.18. The molecule has 10 nitrogen and oxygen atoms in total. The van der Waals surface area contributed by atoms with Gasteiger partial charge in [-0.15, -0.1) is 0 Å². The number of halogens is 3. The van der Waals surface area contributed by atoms with Crippen LogP contribution in [0.25, 0.3) is 22.4 Å². The van der Waals surface area contributed by atoms with Crippen LogP contribution in [0.1, 0.15) is 5.56 Å².